The molecule has 1 aliphatic rings. The van der Waals surface area contributed by atoms with Gasteiger partial charge in [-0.15, -0.1) is 0 Å². The van der Waals surface area contributed by atoms with Gasteiger partial charge in [-0.05, 0) is 68.9 Å². The molecule has 0 radical (unpaired) electrons. The average molecular weight is 445 g/mol. The maximum absolute atomic E-state index is 12.8. The van der Waals surface area contributed by atoms with Gasteiger partial charge in [-0.3, -0.25) is 4.79 Å². The number of benzene rings is 2. The highest BCUT2D eigenvalue weighted by Gasteiger charge is 2.29. The van der Waals surface area contributed by atoms with E-state index in [1.807, 2.05) is 50.2 Å². The summed E-state index contributed by atoms with van der Waals surface area (Å²) in [7, 11) is -3.44. The first-order valence-electron chi connectivity index (χ1n) is 10.9. The molecule has 0 aliphatic carbocycles. The van der Waals surface area contributed by atoms with Crippen LogP contribution in [0.3, 0.4) is 0 Å². The number of piperidine rings is 1. The Morgan fingerprint density at radius 3 is 2.52 bits per heavy atom. The highest BCUT2D eigenvalue weighted by Crippen LogP contribution is 2.26. The predicted molar refractivity (Wildman–Crippen MR) is 121 cm³/mol. The van der Waals surface area contributed by atoms with E-state index in [1.165, 1.54) is 0 Å². The smallest absolute Gasteiger partial charge is 0.243 e. The molecule has 2 aromatic carbocycles. The lowest BCUT2D eigenvalue weighted by atomic mass is 9.93. The van der Waals surface area contributed by atoms with Crippen LogP contribution in [0.5, 0.6) is 5.75 Å². The van der Waals surface area contributed by atoms with Crippen molar-refractivity contribution < 1.29 is 17.9 Å². The Labute approximate surface area is 185 Å². The Morgan fingerprint density at radius 2 is 1.84 bits per heavy atom. The third-order valence-corrected chi connectivity index (χ3v) is 7.62. The van der Waals surface area contributed by atoms with Crippen molar-refractivity contribution in [1.82, 2.24) is 9.62 Å². The van der Waals surface area contributed by atoms with Crippen molar-refractivity contribution in [3.63, 3.8) is 0 Å². The molecule has 1 saturated heterocycles. The molecule has 0 aromatic heterocycles. The quantitative estimate of drug-likeness (QED) is 0.637. The number of aryl methyl sites for hydroxylation is 1. The fraction of sp³-hybridized carbons (Fsp3) is 0.458. The number of rotatable bonds is 9. The summed E-state index contributed by atoms with van der Waals surface area (Å²) in [5, 5.41) is 2.97. The zero-order valence-electron chi connectivity index (χ0n) is 18.3. The van der Waals surface area contributed by atoms with Crippen LogP contribution >= 0.6 is 0 Å². The van der Waals surface area contributed by atoms with Gasteiger partial charge in [-0.2, -0.15) is 4.31 Å². The summed E-state index contributed by atoms with van der Waals surface area (Å²) in [5.74, 6) is 1.20. The van der Waals surface area contributed by atoms with Crippen molar-refractivity contribution in [2.75, 3.05) is 19.7 Å². The third kappa shape index (κ3) is 6.55. The van der Waals surface area contributed by atoms with Crippen LogP contribution in [-0.4, -0.2) is 38.3 Å². The van der Waals surface area contributed by atoms with Gasteiger partial charge in [0.15, 0.2) is 0 Å². The molecule has 168 valence electrons. The Bertz CT molecular complexity index is 965. The molecular formula is C24H32N2O4S. The van der Waals surface area contributed by atoms with Crippen molar-refractivity contribution in [3.8, 4) is 5.75 Å². The Hall–Kier alpha value is -2.38. The molecule has 1 N–H and O–H groups in total. The minimum absolute atomic E-state index is 0.0246. The van der Waals surface area contributed by atoms with E-state index >= 15 is 0 Å². The highest BCUT2D eigenvalue weighted by atomic mass is 32.2. The minimum Gasteiger partial charge on any atom is -0.494 e. The summed E-state index contributed by atoms with van der Waals surface area (Å²) in [6.45, 7) is 5.99. The molecule has 6 nitrogen and oxygen atoms in total. The summed E-state index contributed by atoms with van der Waals surface area (Å²) in [4.78, 5) is 12.6. The molecule has 0 atom stereocenters. The SMILES string of the molecule is CCOc1cccc(CNC(=O)CCC2CCN(S(=O)(=O)c3ccc(C)cc3)CC2)c1. The number of sulfonamides is 1. The van der Waals surface area contributed by atoms with Crippen molar-refractivity contribution in [2.24, 2.45) is 5.92 Å². The molecule has 1 amide bonds. The second-order valence-electron chi connectivity index (χ2n) is 8.06. The molecule has 1 heterocycles. The van der Waals surface area contributed by atoms with Crippen LogP contribution in [0.1, 0.15) is 43.7 Å². The zero-order chi connectivity index (χ0) is 22.3. The van der Waals surface area contributed by atoms with E-state index in [-0.39, 0.29) is 5.91 Å². The van der Waals surface area contributed by atoms with Crippen LogP contribution in [0.4, 0.5) is 0 Å². The molecule has 0 unspecified atom stereocenters. The van der Waals surface area contributed by atoms with Crippen LogP contribution in [0.2, 0.25) is 0 Å². The number of carbonyl (C=O) groups excluding carboxylic acids is 1. The van der Waals surface area contributed by atoms with Gasteiger partial charge < -0.3 is 10.1 Å². The predicted octanol–water partition coefficient (Wildman–Crippen LogP) is 3.89. The molecule has 7 heteroatoms. The standard InChI is InChI=1S/C24H32N2O4S/c1-3-30-22-6-4-5-21(17-22)18-25-24(27)12-9-20-13-15-26(16-14-20)31(28,29)23-10-7-19(2)8-11-23/h4-8,10-11,17,20H,3,9,12-16,18H2,1-2H3,(H,25,27). The Morgan fingerprint density at radius 1 is 1.13 bits per heavy atom. The molecular weight excluding hydrogens is 412 g/mol. The lowest BCUT2D eigenvalue weighted by molar-refractivity contribution is -0.121. The first kappa shape index (κ1) is 23.3. The largest absolute Gasteiger partial charge is 0.494 e. The maximum Gasteiger partial charge on any atom is 0.243 e. The molecule has 0 saturated carbocycles. The van der Waals surface area contributed by atoms with E-state index in [1.54, 1.807) is 16.4 Å². The molecule has 2 aromatic rings. The van der Waals surface area contributed by atoms with Gasteiger partial charge in [0, 0.05) is 26.1 Å². The fourth-order valence-corrected chi connectivity index (χ4v) is 5.30. The molecule has 1 fully saturated rings. The molecule has 0 spiro atoms. The van der Waals surface area contributed by atoms with Gasteiger partial charge in [-0.1, -0.05) is 29.8 Å². The summed E-state index contributed by atoms with van der Waals surface area (Å²) in [6.07, 6.45) is 2.81. The fourth-order valence-electron chi connectivity index (χ4n) is 3.83. The number of amides is 1. The third-order valence-electron chi connectivity index (χ3n) is 5.71. The van der Waals surface area contributed by atoms with Gasteiger partial charge in [0.1, 0.15) is 5.75 Å². The Balaban J connectivity index is 1.41. The number of hydrogen-bond acceptors (Lipinski definition) is 4. The number of nitrogens with zero attached hydrogens (tertiary/aromatic N) is 1. The van der Waals surface area contributed by atoms with Crippen LogP contribution in [0, 0.1) is 12.8 Å². The summed E-state index contributed by atoms with van der Waals surface area (Å²) in [5.41, 5.74) is 2.05. The average Bonchev–Trinajstić information content (AvgIpc) is 2.77. The van der Waals surface area contributed by atoms with Crippen LogP contribution in [0.15, 0.2) is 53.4 Å². The van der Waals surface area contributed by atoms with Crippen LogP contribution in [0.25, 0.3) is 0 Å². The first-order valence-corrected chi connectivity index (χ1v) is 12.4. The summed E-state index contributed by atoms with van der Waals surface area (Å²) < 4.78 is 32.7. The molecule has 0 bridgehead atoms. The van der Waals surface area contributed by atoms with Gasteiger partial charge in [0.25, 0.3) is 0 Å². The second kappa shape index (κ2) is 10.8. The zero-order valence-corrected chi connectivity index (χ0v) is 19.2. The summed E-state index contributed by atoms with van der Waals surface area (Å²) in [6, 6.07) is 14.7. The number of hydrogen-bond donors (Lipinski definition) is 1. The van der Waals surface area contributed by atoms with Gasteiger partial charge >= 0.3 is 0 Å². The topological polar surface area (TPSA) is 75.7 Å². The number of nitrogens with one attached hydrogen (secondary N) is 1. The lowest BCUT2D eigenvalue weighted by Gasteiger charge is -2.31. The molecule has 31 heavy (non-hydrogen) atoms. The van der Waals surface area contributed by atoms with Crippen LogP contribution in [-0.2, 0) is 21.4 Å². The maximum atomic E-state index is 12.8. The lowest BCUT2D eigenvalue weighted by Crippen LogP contribution is -2.38. The number of carbonyl (C=O) groups is 1. The van der Waals surface area contributed by atoms with Crippen molar-refractivity contribution >= 4 is 15.9 Å². The summed E-state index contributed by atoms with van der Waals surface area (Å²) >= 11 is 0. The van der Waals surface area contributed by atoms with Gasteiger partial charge in [0.05, 0.1) is 11.5 Å². The van der Waals surface area contributed by atoms with E-state index in [4.69, 9.17) is 4.74 Å². The number of ether oxygens (including phenoxy) is 1. The van der Waals surface area contributed by atoms with E-state index in [9.17, 15) is 13.2 Å². The van der Waals surface area contributed by atoms with E-state index in [0.29, 0.717) is 43.5 Å². The minimum atomic E-state index is -3.44. The normalized spacial score (nSPS) is 15.5. The highest BCUT2D eigenvalue weighted by molar-refractivity contribution is 7.89. The van der Waals surface area contributed by atoms with Gasteiger partial charge in [-0.25, -0.2) is 8.42 Å². The second-order valence-corrected chi connectivity index (χ2v) is 9.99. The van der Waals surface area contributed by atoms with E-state index in [0.717, 1.165) is 36.1 Å². The molecule has 1 aliphatic heterocycles. The van der Waals surface area contributed by atoms with E-state index < -0.39 is 10.0 Å². The van der Waals surface area contributed by atoms with E-state index in [2.05, 4.69) is 5.32 Å². The monoisotopic (exact) mass is 444 g/mol. The molecule has 3 rings (SSSR count). The Kier molecular flexibility index (Phi) is 8.09. The van der Waals surface area contributed by atoms with Crippen LogP contribution < -0.4 is 10.1 Å². The van der Waals surface area contributed by atoms with Crippen molar-refractivity contribution in [3.05, 3.63) is 59.7 Å². The van der Waals surface area contributed by atoms with Crippen molar-refractivity contribution in [2.45, 2.75) is 51.0 Å². The van der Waals surface area contributed by atoms with Crippen molar-refractivity contribution in [1.29, 1.82) is 0 Å². The van der Waals surface area contributed by atoms with Gasteiger partial charge in [0.2, 0.25) is 15.9 Å². The first-order chi connectivity index (χ1) is 14.9.